The maximum absolute atomic E-state index is 11.5. The Bertz CT molecular complexity index is 507. The Morgan fingerprint density at radius 3 is 2.29 bits per heavy atom. The van der Waals surface area contributed by atoms with Gasteiger partial charge in [0, 0.05) is 18.9 Å². The van der Waals surface area contributed by atoms with Crippen molar-refractivity contribution in [3.63, 3.8) is 0 Å². The number of imide groups is 1. The molecule has 6 heteroatoms. The molecule has 6 nitrogen and oxygen atoms in total. The number of hydrogen-bond acceptors (Lipinski definition) is 4. The zero-order chi connectivity index (χ0) is 12.6. The van der Waals surface area contributed by atoms with E-state index in [2.05, 4.69) is 0 Å². The van der Waals surface area contributed by atoms with Crippen LogP contribution in [0.5, 0.6) is 5.75 Å². The lowest BCUT2D eigenvalue weighted by atomic mass is 10.1. The predicted octanol–water partition coefficient (Wildman–Crippen LogP) is 0.744. The summed E-state index contributed by atoms with van der Waals surface area (Å²) in [5.74, 6) is -2.36. The van der Waals surface area contributed by atoms with E-state index in [0.29, 0.717) is 0 Å². The number of carboxylic acids is 1. The van der Waals surface area contributed by atoms with Crippen LogP contribution in [0.1, 0.15) is 23.2 Å². The van der Waals surface area contributed by atoms with E-state index in [1.165, 1.54) is 6.07 Å². The number of phenols is 1. The second-order valence-electron chi connectivity index (χ2n) is 3.63. The lowest BCUT2D eigenvalue weighted by Gasteiger charge is -2.16. The van der Waals surface area contributed by atoms with Gasteiger partial charge in [0.05, 0.1) is 11.3 Å². The first-order chi connectivity index (χ1) is 8.00. The number of carbonyl (C=O) groups excluding carboxylic acids is 2. The average molecular weight is 235 g/mol. The summed E-state index contributed by atoms with van der Waals surface area (Å²) in [4.78, 5) is 34.8. The van der Waals surface area contributed by atoms with E-state index in [-0.39, 0.29) is 29.8 Å². The number of carbonyl (C=O) groups is 3. The zero-order valence-electron chi connectivity index (χ0n) is 8.71. The molecular weight excluding hydrogens is 226 g/mol. The number of rotatable bonds is 2. The van der Waals surface area contributed by atoms with Crippen LogP contribution in [0.25, 0.3) is 0 Å². The third kappa shape index (κ3) is 1.84. The summed E-state index contributed by atoms with van der Waals surface area (Å²) in [6, 6.07) is 3.45. The molecule has 1 aliphatic rings. The Kier molecular flexibility index (Phi) is 2.55. The van der Waals surface area contributed by atoms with Gasteiger partial charge in [-0.25, -0.2) is 9.69 Å². The van der Waals surface area contributed by atoms with Crippen LogP contribution in [0.3, 0.4) is 0 Å². The van der Waals surface area contributed by atoms with Crippen LogP contribution in [0.15, 0.2) is 18.2 Å². The lowest BCUT2D eigenvalue weighted by molar-refractivity contribution is -0.121. The van der Waals surface area contributed by atoms with Crippen LogP contribution in [0.2, 0.25) is 0 Å². The number of carboxylic acid groups (broad SMARTS) is 1. The third-order valence-corrected chi connectivity index (χ3v) is 2.50. The Hall–Kier alpha value is -2.37. The average Bonchev–Trinajstić information content (AvgIpc) is 2.58. The van der Waals surface area contributed by atoms with Crippen molar-refractivity contribution in [3.05, 3.63) is 23.8 Å². The Balaban J connectivity index is 2.57. The fraction of sp³-hybridized carbons (Fsp3) is 0.182. The van der Waals surface area contributed by atoms with E-state index in [1.54, 1.807) is 0 Å². The molecule has 0 spiro atoms. The van der Waals surface area contributed by atoms with E-state index >= 15 is 0 Å². The van der Waals surface area contributed by atoms with Gasteiger partial charge < -0.3 is 10.2 Å². The van der Waals surface area contributed by atoms with E-state index in [0.717, 1.165) is 17.0 Å². The van der Waals surface area contributed by atoms with Gasteiger partial charge in [-0.05, 0) is 12.1 Å². The highest BCUT2D eigenvalue weighted by molar-refractivity contribution is 6.21. The van der Waals surface area contributed by atoms with E-state index in [1.807, 2.05) is 0 Å². The van der Waals surface area contributed by atoms with Gasteiger partial charge in [-0.3, -0.25) is 9.59 Å². The minimum absolute atomic E-state index is 0.0630. The summed E-state index contributed by atoms with van der Waals surface area (Å²) in [6.07, 6.45) is 0.126. The van der Waals surface area contributed by atoms with Crippen molar-refractivity contribution in [2.75, 3.05) is 4.90 Å². The van der Waals surface area contributed by atoms with Crippen LogP contribution in [0.4, 0.5) is 5.69 Å². The Labute approximate surface area is 96.1 Å². The van der Waals surface area contributed by atoms with Gasteiger partial charge in [0.25, 0.3) is 0 Å². The Morgan fingerprint density at radius 1 is 1.18 bits per heavy atom. The molecule has 88 valence electrons. The fourth-order valence-electron chi connectivity index (χ4n) is 1.73. The summed E-state index contributed by atoms with van der Waals surface area (Å²) >= 11 is 0. The van der Waals surface area contributed by atoms with E-state index < -0.39 is 17.8 Å². The molecule has 1 saturated heterocycles. The molecule has 2 amide bonds. The van der Waals surface area contributed by atoms with E-state index in [9.17, 15) is 19.5 Å². The maximum Gasteiger partial charge on any atom is 0.337 e. The summed E-state index contributed by atoms with van der Waals surface area (Å²) in [5.41, 5.74) is -0.267. The molecule has 17 heavy (non-hydrogen) atoms. The molecule has 2 N–H and O–H groups in total. The molecule has 0 aromatic heterocycles. The number of anilines is 1. The number of aromatic carboxylic acids is 1. The molecule has 0 unspecified atom stereocenters. The van der Waals surface area contributed by atoms with Crippen molar-refractivity contribution in [1.82, 2.24) is 0 Å². The molecule has 0 atom stereocenters. The van der Waals surface area contributed by atoms with Crippen LogP contribution in [-0.2, 0) is 9.59 Å². The standard InChI is InChI=1S/C11H9NO5/c13-6-1-2-7(11(16)17)8(5-6)12-9(14)3-4-10(12)15/h1-2,5,13H,3-4H2,(H,16,17). The second kappa shape index (κ2) is 3.89. The fourth-order valence-corrected chi connectivity index (χ4v) is 1.73. The molecular formula is C11H9NO5. The van der Waals surface area contributed by atoms with Crippen LogP contribution >= 0.6 is 0 Å². The van der Waals surface area contributed by atoms with E-state index in [4.69, 9.17) is 5.11 Å². The topological polar surface area (TPSA) is 94.9 Å². The van der Waals surface area contributed by atoms with Crippen molar-refractivity contribution in [3.8, 4) is 5.75 Å². The highest BCUT2D eigenvalue weighted by atomic mass is 16.4. The van der Waals surface area contributed by atoms with Gasteiger partial charge in [0.15, 0.2) is 0 Å². The molecule has 1 heterocycles. The number of hydrogen-bond donors (Lipinski definition) is 2. The van der Waals surface area contributed by atoms with Gasteiger partial charge in [-0.1, -0.05) is 0 Å². The monoisotopic (exact) mass is 235 g/mol. The molecule has 0 saturated carbocycles. The SMILES string of the molecule is O=C(O)c1ccc(O)cc1N1C(=O)CCC1=O. The third-order valence-electron chi connectivity index (χ3n) is 2.50. The van der Waals surface area contributed by atoms with Crippen LogP contribution in [-0.4, -0.2) is 28.0 Å². The highest BCUT2D eigenvalue weighted by Gasteiger charge is 2.33. The van der Waals surface area contributed by atoms with Gasteiger partial charge in [0.2, 0.25) is 11.8 Å². The quantitative estimate of drug-likeness (QED) is 0.737. The largest absolute Gasteiger partial charge is 0.508 e. The normalized spacial score (nSPS) is 15.4. The molecule has 1 aromatic carbocycles. The van der Waals surface area contributed by atoms with Crippen LogP contribution in [0, 0.1) is 0 Å². The second-order valence-corrected chi connectivity index (χ2v) is 3.63. The van der Waals surface area contributed by atoms with Gasteiger partial charge in [-0.15, -0.1) is 0 Å². The summed E-state index contributed by atoms with van der Waals surface area (Å²) < 4.78 is 0. The first-order valence-electron chi connectivity index (χ1n) is 4.93. The van der Waals surface area contributed by atoms with Gasteiger partial charge >= 0.3 is 5.97 Å². The molecule has 0 radical (unpaired) electrons. The number of amides is 2. The van der Waals surface area contributed by atoms with Crippen molar-refractivity contribution in [1.29, 1.82) is 0 Å². The number of benzene rings is 1. The molecule has 0 aliphatic carbocycles. The molecule has 1 fully saturated rings. The first kappa shape index (κ1) is 11.1. The molecule has 1 aliphatic heterocycles. The summed E-state index contributed by atoms with van der Waals surface area (Å²) in [6.45, 7) is 0. The zero-order valence-corrected chi connectivity index (χ0v) is 8.71. The molecule has 0 bridgehead atoms. The van der Waals surface area contributed by atoms with Crippen molar-refractivity contribution >= 4 is 23.5 Å². The summed E-state index contributed by atoms with van der Waals surface area (Å²) in [7, 11) is 0. The van der Waals surface area contributed by atoms with Gasteiger partial charge in [-0.2, -0.15) is 0 Å². The van der Waals surface area contributed by atoms with Crippen molar-refractivity contribution < 1.29 is 24.6 Å². The predicted molar refractivity (Wildman–Crippen MR) is 56.8 cm³/mol. The minimum Gasteiger partial charge on any atom is -0.508 e. The van der Waals surface area contributed by atoms with Crippen molar-refractivity contribution in [2.24, 2.45) is 0 Å². The first-order valence-corrected chi connectivity index (χ1v) is 4.93. The molecule has 1 aromatic rings. The lowest BCUT2D eigenvalue weighted by Crippen LogP contribution is -2.30. The summed E-state index contributed by atoms with van der Waals surface area (Å²) in [5, 5.41) is 18.3. The smallest absolute Gasteiger partial charge is 0.337 e. The number of aromatic hydroxyl groups is 1. The molecule has 2 rings (SSSR count). The van der Waals surface area contributed by atoms with Crippen molar-refractivity contribution in [2.45, 2.75) is 12.8 Å². The van der Waals surface area contributed by atoms with Crippen LogP contribution < -0.4 is 4.90 Å². The number of phenolic OH excluding ortho intramolecular Hbond substituents is 1. The van der Waals surface area contributed by atoms with Gasteiger partial charge in [0.1, 0.15) is 5.75 Å². The highest BCUT2D eigenvalue weighted by Crippen LogP contribution is 2.29. The number of nitrogens with zero attached hydrogens (tertiary/aromatic N) is 1. The maximum atomic E-state index is 11.5. The minimum atomic E-state index is -1.26. The Morgan fingerprint density at radius 2 is 1.76 bits per heavy atom.